The smallest absolute Gasteiger partial charge is 0.870 e. The number of methoxy groups -OCH3 is 5. The molecule has 40 heteroatoms. The van der Waals surface area contributed by atoms with Crippen LogP contribution >= 0.6 is 182 Å². The summed E-state index contributed by atoms with van der Waals surface area (Å²) in [7, 11) is 6.48. The summed E-state index contributed by atoms with van der Waals surface area (Å²) in [5, 5.41) is 36.4. The number of aromatic carboxylic acids is 1. The van der Waals surface area contributed by atoms with E-state index in [1.807, 2.05) is 109 Å². The maximum absolute atomic E-state index is 12.5. The molecule has 0 bridgehead atoms. The van der Waals surface area contributed by atoms with Crippen molar-refractivity contribution in [3.8, 4) is 28.7 Å². The molecule has 0 aliphatic heterocycles. The molecule has 1 fully saturated rings. The summed E-state index contributed by atoms with van der Waals surface area (Å²) in [6.07, 6.45) is 2.93. The van der Waals surface area contributed by atoms with Crippen molar-refractivity contribution in [3.05, 3.63) is 372 Å². The number of hydrogen-bond donors (Lipinski definition) is 6. The Morgan fingerprint density at radius 1 is 0.353 bits per heavy atom. The van der Waals surface area contributed by atoms with E-state index >= 15 is 0 Å². The van der Waals surface area contributed by atoms with Crippen molar-refractivity contribution < 1.29 is 116 Å². The van der Waals surface area contributed by atoms with Crippen LogP contribution in [0.2, 0.25) is 50.2 Å². The third-order valence-corrected chi connectivity index (χ3v) is 21.1. The molecule has 2 amide bonds. The van der Waals surface area contributed by atoms with Gasteiger partial charge < -0.3 is 75.1 Å². The number of amides is 2. The SMILES string of the molecule is BrCC1CC1.BrCc1ccccc1.COC(=O)c1cc(Cl)c(O)c(Cl)c1.COC(=O)c1cc(Cl)c(OCc2ccccc2)c(Cl)c1.COC(=O)c1ccc(N)cc1.COC(=O)c1ccc(NC(=O)c2cc(Cl)c(O)c(Cl)c2)cc1.COC(=O)c1ccc(NC(=O)c2cc(Cl)c(OCc3ccccc3)c(Cl)c2)cc1.ClB(Cl)Cl.O=C(O)c1cc(Cl)c(OCc2ccccc2)c(Cl)c1.[Li+].[OH-]. The van der Waals surface area contributed by atoms with Crippen molar-refractivity contribution in [2.75, 3.05) is 57.2 Å². The van der Waals surface area contributed by atoms with Crippen LogP contribution in [0, 0.1) is 5.92 Å². The van der Waals surface area contributed by atoms with Crippen molar-refractivity contribution >= 4 is 252 Å². The Hall–Kier alpha value is -9.45. The minimum Gasteiger partial charge on any atom is -0.870 e. The van der Waals surface area contributed by atoms with Crippen molar-refractivity contribution in [1.29, 1.82) is 0 Å². The molecule has 0 aromatic heterocycles. The number of nitrogens with two attached hydrogens (primary N) is 1. The summed E-state index contributed by atoms with van der Waals surface area (Å²) in [5.74, 6) is -2.74. The Bertz CT molecular complexity index is 5640. The molecule has 0 radical (unpaired) electrons. The molecular formula is C93H80BBr2Cl13LiN3O20. The maximum atomic E-state index is 12.5. The molecular weight excluding hydrogens is 2120 g/mol. The number of aromatic hydroxyl groups is 2. The summed E-state index contributed by atoms with van der Waals surface area (Å²) in [6, 6.07) is 71.8. The molecule has 1 aliphatic rings. The van der Waals surface area contributed by atoms with E-state index in [1.54, 1.807) is 60.7 Å². The first kappa shape index (κ1) is 118. The summed E-state index contributed by atoms with van der Waals surface area (Å²) in [6.45, 7) is 0.961. The molecule has 0 saturated heterocycles. The van der Waals surface area contributed by atoms with Crippen LogP contribution in [0.4, 0.5) is 17.1 Å². The Morgan fingerprint density at radius 3 is 0.805 bits per heavy atom. The number of esters is 5. The van der Waals surface area contributed by atoms with E-state index in [0.717, 1.165) is 27.9 Å². The van der Waals surface area contributed by atoms with Crippen LogP contribution in [0.3, 0.4) is 0 Å². The number of halogens is 15. The average molecular weight is 2200 g/mol. The standard InChI is InChI=1S/C22H17Cl2NO4.C15H11Cl2NO4.C15H12Cl2O3.C14H10Cl2O3.C8H6Cl2O3.C8H9NO2.C7H7Br.C4H7Br.BCl3.Li.H2O/c1-28-22(27)15-7-9-17(10-8-15)25-21(26)16-11-18(23)20(19(24)12-16)29-13-14-5-3-2-4-6-14;1-22-15(21)8-2-4-10(5-3-8)18-14(20)9-6-11(16)13(19)12(17)7-9;1-19-15(18)11-7-12(16)14(13(17)8-11)20-9-10-5-3-2-4-6-10;15-11-6-10(14(17)18)7-12(16)13(11)19-8-9-4-2-1-3-5-9;1-13-8(12)4-2-5(9)7(11)6(10)3-4;1-11-8(10)6-2-4-7(9)5-3-6;8-6-7-4-2-1-3-5-7;5-3-4-1-2-4;2-1(3)4;;/h2-12H,13H2,1H3,(H,25,26);2-7,19H,1H3,(H,18,20);2-8H,9H2,1H3;1-7H,8H2,(H,17,18);2-3,11H,1H3;2-5H,9H2,1H3;1-5H,6H2;4H,1-3H2;;;1H2/q;;;;;;;;;+1;/p-1. The number of ether oxygens (including phenoxy) is 8. The predicted molar refractivity (Wildman–Crippen MR) is 532 cm³/mol. The Labute approximate surface area is 861 Å². The van der Waals surface area contributed by atoms with Gasteiger partial charge in [-0.2, -0.15) is 34.4 Å². The number of carbonyl (C=O) groups is 8. The summed E-state index contributed by atoms with van der Waals surface area (Å²) < 4.78 is 39.6. The van der Waals surface area contributed by atoms with Gasteiger partial charge in [-0.1, -0.05) is 269 Å². The number of benzene rings is 12. The van der Waals surface area contributed by atoms with Crippen LogP contribution < -0.4 is 49.4 Å². The van der Waals surface area contributed by atoms with Crippen LogP contribution in [0.1, 0.15) is 118 Å². The van der Waals surface area contributed by atoms with Gasteiger partial charge in [0.1, 0.15) is 19.8 Å². The Morgan fingerprint density at radius 2 is 0.579 bits per heavy atom. The van der Waals surface area contributed by atoms with Gasteiger partial charge in [-0.15, -0.1) is 0 Å². The first-order valence-corrected chi connectivity index (χ1v) is 45.1. The molecule has 1 saturated carbocycles. The maximum Gasteiger partial charge on any atom is 1.00 e. The largest absolute Gasteiger partial charge is 1.00 e. The summed E-state index contributed by atoms with van der Waals surface area (Å²) >= 11 is 80.5. The van der Waals surface area contributed by atoms with Crippen molar-refractivity contribution in [1.82, 2.24) is 0 Å². The van der Waals surface area contributed by atoms with E-state index in [2.05, 4.69) is 78.3 Å². The number of phenols is 2. The number of hydrogen-bond acceptors (Lipinski definition) is 20. The van der Waals surface area contributed by atoms with Gasteiger partial charge in [0.05, 0.1) is 119 Å². The molecule has 12 aromatic rings. The first-order chi connectivity index (χ1) is 62.5. The number of nitrogens with one attached hydrogen (secondary N) is 2. The van der Waals surface area contributed by atoms with Crippen molar-refractivity contribution in [2.24, 2.45) is 5.92 Å². The number of carbonyl (C=O) groups excluding carboxylic acids is 7. The topological polar surface area (TPSA) is 351 Å². The van der Waals surface area contributed by atoms with Crippen LogP contribution in [-0.2, 0) is 48.8 Å². The molecule has 8 N–H and O–H groups in total. The number of carboxylic acids is 1. The monoisotopic (exact) mass is 2190 g/mol. The average Bonchev–Trinajstić information content (AvgIpc) is 1.46. The van der Waals surface area contributed by atoms with Crippen molar-refractivity contribution in [3.63, 3.8) is 0 Å². The molecule has 696 valence electrons. The summed E-state index contributed by atoms with van der Waals surface area (Å²) in [5.41, 5.74) is 13.6. The number of rotatable bonds is 21. The van der Waals surface area contributed by atoms with Crippen LogP contribution in [0.15, 0.2) is 255 Å². The third-order valence-electron chi connectivity index (χ3n) is 16.7. The number of phenolic OH excluding ortho intramolecular Hbond substituents is 2. The van der Waals surface area contributed by atoms with Gasteiger partial charge in [-0.25, -0.2) is 28.8 Å². The molecule has 12 aromatic carbocycles. The second kappa shape index (κ2) is 63.0. The molecule has 1 aliphatic carbocycles. The van der Waals surface area contributed by atoms with E-state index in [0.29, 0.717) is 65.1 Å². The van der Waals surface area contributed by atoms with E-state index in [1.165, 1.54) is 132 Å². The molecule has 133 heavy (non-hydrogen) atoms. The number of nitrogen functional groups attached to an aromatic ring is 1. The fourth-order valence-electron chi connectivity index (χ4n) is 9.87. The van der Waals surface area contributed by atoms with Crippen molar-refractivity contribution in [2.45, 2.75) is 38.0 Å². The van der Waals surface area contributed by atoms with Gasteiger partial charge in [-0.3, -0.25) is 9.59 Å². The normalized spacial score (nSPS) is 10.3. The molecule has 23 nitrogen and oxygen atoms in total. The fraction of sp³-hybridized carbons (Fsp3) is 0.140. The van der Waals surface area contributed by atoms with Crippen LogP contribution in [0.25, 0.3) is 0 Å². The zero-order chi connectivity index (χ0) is 96.8. The molecule has 0 unspecified atom stereocenters. The quantitative estimate of drug-likeness (QED) is 0.0128. The molecule has 0 heterocycles. The number of anilines is 3. The first-order valence-electron chi connectivity index (χ1n) is 37.7. The third kappa shape index (κ3) is 42.6. The van der Waals surface area contributed by atoms with Gasteiger partial charge in [0, 0.05) is 38.8 Å². The Balaban J connectivity index is 0.000000402. The van der Waals surface area contributed by atoms with Gasteiger partial charge in [0.25, 0.3) is 11.8 Å². The number of alkyl halides is 2. The zero-order valence-corrected chi connectivity index (χ0v) is 83.9. The van der Waals surface area contributed by atoms with E-state index in [4.69, 9.17) is 181 Å². The minimum atomic E-state index is -1.08. The van der Waals surface area contributed by atoms with Crippen LogP contribution in [-0.4, -0.2) is 114 Å². The second-order valence-electron chi connectivity index (χ2n) is 26.1. The van der Waals surface area contributed by atoms with Gasteiger partial charge in [0.2, 0.25) is 0 Å². The minimum absolute atomic E-state index is 0. The molecule has 13 rings (SSSR count). The van der Waals surface area contributed by atoms with E-state index < -0.39 is 46.6 Å². The van der Waals surface area contributed by atoms with Crippen LogP contribution in [0.5, 0.6) is 28.7 Å². The fourth-order valence-corrected chi connectivity index (χ4v) is 13.7. The molecule has 0 spiro atoms. The Kier molecular flexibility index (Phi) is 55.7. The summed E-state index contributed by atoms with van der Waals surface area (Å²) in [4.78, 5) is 90.8. The van der Waals surface area contributed by atoms with Gasteiger partial charge >= 0.3 is 59.6 Å². The number of carboxylic acid groups (broad SMARTS) is 1. The van der Waals surface area contributed by atoms with Gasteiger partial charge in [0.15, 0.2) is 28.7 Å². The zero-order valence-electron chi connectivity index (χ0n) is 70.9. The molecule has 0 atom stereocenters. The predicted octanol–water partition coefficient (Wildman–Crippen LogP) is 24.4. The van der Waals surface area contributed by atoms with E-state index in [9.17, 15) is 43.5 Å². The van der Waals surface area contributed by atoms with E-state index in [-0.39, 0.29) is 126 Å². The van der Waals surface area contributed by atoms with Gasteiger partial charge in [-0.05, 0) is 174 Å². The second-order valence-corrected chi connectivity index (χ2v) is 33.4.